The van der Waals surface area contributed by atoms with Crippen LogP contribution in [0.25, 0.3) is 11.2 Å². The van der Waals surface area contributed by atoms with Crippen molar-refractivity contribution in [3.05, 3.63) is 45.7 Å². The van der Waals surface area contributed by atoms with Crippen LogP contribution in [0.3, 0.4) is 0 Å². The number of rotatable bonds is 4. The third kappa shape index (κ3) is 4.11. The van der Waals surface area contributed by atoms with E-state index in [-0.39, 0.29) is 11.9 Å². The van der Waals surface area contributed by atoms with Crippen LogP contribution in [0, 0.1) is 6.92 Å². The van der Waals surface area contributed by atoms with Crippen molar-refractivity contribution in [3.63, 3.8) is 0 Å². The van der Waals surface area contributed by atoms with Gasteiger partial charge in [-0.25, -0.2) is 14.6 Å². The van der Waals surface area contributed by atoms with E-state index >= 15 is 0 Å². The number of carbonyl (C=O) groups is 1. The summed E-state index contributed by atoms with van der Waals surface area (Å²) in [6, 6.07) is 5.31. The fourth-order valence-corrected chi connectivity index (χ4v) is 5.37. The SMILES string of the molecule is Cc1nn(C(C)c2ccc(Cl)cc2Cl)c2nc(N3CCN(C(=O)C4(N)CCCN4)CC3)cnc12. The summed E-state index contributed by atoms with van der Waals surface area (Å²) < 4.78 is 1.86. The molecule has 34 heavy (non-hydrogen) atoms. The molecule has 3 N–H and O–H groups in total. The highest BCUT2D eigenvalue weighted by atomic mass is 35.5. The van der Waals surface area contributed by atoms with Gasteiger partial charge in [0.2, 0.25) is 0 Å². The average Bonchev–Trinajstić information content (AvgIpc) is 3.42. The number of halogens is 2. The van der Waals surface area contributed by atoms with Gasteiger partial charge in [0.25, 0.3) is 5.91 Å². The molecule has 0 aliphatic carbocycles. The molecule has 5 rings (SSSR count). The van der Waals surface area contributed by atoms with Crippen LogP contribution < -0.4 is 16.0 Å². The van der Waals surface area contributed by atoms with E-state index in [0.717, 1.165) is 35.6 Å². The second-order valence-corrected chi connectivity index (χ2v) is 9.90. The number of nitrogens with zero attached hydrogens (tertiary/aromatic N) is 6. The third-order valence-electron chi connectivity index (χ3n) is 6.80. The molecule has 1 aromatic carbocycles. The molecule has 0 spiro atoms. The van der Waals surface area contributed by atoms with Gasteiger partial charge in [-0.2, -0.15) is 5.10 Å². The molecule has 2 aromatic heterocycles. The van der Waals surface area contributed by atoms with E-state index in [1.807, 2.05) is 35.6 Å². The number of piperazine rings is 1. The lowest BCUT2D eigenvalue weighted by Crippen LogP contribution is -2.64. The van der Waals surface area contributed by atoms with Crippen molar-refractivity contribution in [2.24, 2.45) is 5.73 Å². The van der Waals surface area contributed by atoms with E-state index in [1.54, 1.807) is 12.3 Å². The highest BCUT2D eigenvalue weighted by molar-refractivity contribution is 6.35. The highest BCUT2D eigenvalue weighted by Crippen LogP contribution is 2.31. The van der Waals surface area contributed by atoms with Gasteiger partial charge in [-0.1, -0.05) is 29.3 Å². The molecule has 2 aliphatic rings. The Hall–Kier alpha value is -2.46. The van der Waals surface area contributed by atoms with E-state index < -0.39 is 5.66 Å². The first-order valence-electron chi connectivity index (χ1n) is 11.5. The lowest BCUT2D eigenvalue weighted by molar-refractivity contribution is -0.138. The lowest BCUT2D eigenvalue weighted by atomic mass is 10.1. The molecule has 2 saturated heterocycles. The maximum Gasteiger partial charge on any atom is 0.257 e. The Balaban J connectivity index is 1.38. The van der Waals surface area contributed by atoms with Gasteiger partial charge in [-0.15, -0.1) is 0 Å². The molecule has 2 aliphatic heterocycles. The summed E-state index contributed by atoms with van der Waals surface area (Å²) in [4.78, 5) is 26.5. The van der Waals surface area contributed by atoms with Gasteiger partial charge < -0.3 is 15.5 Å². The van der Waals surface area contributed by atoms with Crippen molar-refractivity contribution in [2.75, 3.05) is 37.6 Å². The summed E-state index contributed by atoms with van der Waals surface area (Å²) in [6.07, 6.45) is 3.37. The number of amides is 1. The molecule has 1 amide bonds. The molecule has 3 aromatic rings. The number of nitrogens with one attached hydrogen (secondary N) is 1. The minimum Gasteiger partial charge on any atom is -0.352 e. The van der Waals surface area contributed by atoms with E-state index in [9.17, 15) is 4.79 Å². The zero-order valence-corrected chi connectivity index (χ0v) is 20.8. The first-order chi connectivity index (χ1) is 16.3. The summed E-state index contributed by atoms with van der Waals surface area (Å²) in [5.74, 6) is 0.741. The van der Waals surface area contributed by atoms with Gasteiger partial charge in [-0.3, -0.25) is 10.1 Å². The number of fused-ring (bicyclic) bond motifs is 1. The number of carbonyl (C=O) groups excluding carboxylic acids is 1. The molecular formula is C23H28Cl2N8O. The Bertz CT molecular complexity index is 1230. The van der Waals surface area contributed by atoms with Crippen molar-refractivity contribution >= 4 is 46.1 Å². The maximum absolute atomic E-state index is 12.9. The summed E-state index contributed by atoms with van der Waals surface area (Å²) in [7, 11) is 0. The molecule has 180 valence electrons. The second-order valence-electron chi connectivity index (χ2n) is 9.05. The standard InChI is InChI=1S/C23H28Cl2N8O/c1-14-20-21(33(30-14)15(2)17-5-4-16(24)12-18(17)25)29-19(13-27-20)31-8-10-32(11-9-31)22(34)23(26)6-3-7-28-23/h4-5,12-13,15,28H,3,6-11,26H2,1-2H3. The monoisotopic (exact) mass is 502 g/mol. The summed E-state index contributed by atoms with van der Waals surface area (Å²) in [6.45, 7) is 7.24. The van der Waals surface area contributed by atoms with Crippen LogP contribution in [0.5, 0.6) is 0 Å². The van der Waals surface area contributed by atoms with Gasteiger partial charge in [-0.05, 0) is 50.9 Å². The van der Waals surface area contributed by atoms with Crippen LogP contribution in [0.15, 0.2) is 24.4 Å². The fraction of sp³-hybridized carbons (Fsp3) is 0.478. The van der Waals surface area contributed by atoms with Crippen LogP contribution in [0.4, 0.5) is 5.82 Å². The first kappa shape index (κ1) is 23.3. The maximum atomic E-state index is 12.9. The number of aryl methyl sites for hydroxylation is 1. The van der Waals surface area contributed by atoms with E-state index in [1.165, 1.54) is 0 Å². The molecule has 0 radical (unpaired) electrons. The highest BCUT2D eigenvalue weighted by Gasteiger charge is 2.40. The third-order valence-corrected chi connectivity index (χ3v) is 7.36. The topological polar surface area (TPSA) is 105 Å². The fourth-order valence-electron chi connectivity index (χ4n) is 4.81. The molecule has 0 bridgehead atoms. The van der Waals surface area contributed by atoms with Gasteiger partial charge in [0.15, 0.2) is 5.65 Å². The largest absolute Gasteiger partial charge is 0.352 e. The number of nitrogens with two attached hydrogens (primary N) is 1. The Morgan fingerprint density at radius 2 is 2.00 bits per heavy atom. The first-order valence-corrected chi connectivity index (χ1v) is 12.3. The zero-order chi connectivity index (χ0) is 24.0. The van der Waals surface area contributed by atoms with Crippen molar-refractivity contribution in [2.45, 2.75) is 38.4 Å². The number of hydrogen-bond acceptors (Lipinski definition) is 7. The van der Waals surface area contributed by atoms with Gasteiger partial charge >= 0.3 is 0 Å². The lowest BCUT2D eigenvalue weighted by Gasteiger charge is -2.38. The molecule has 9 nitrogen and oxygen atoms in total. The normalized spacial score (nSPS) is 21.9. The smallest absolute Gasteiger partial charge is 0.257 e. The predicted molar refractivity (Wildman–Crippen MR) is 133 cm³/mol. The van der Waals surface area contributed by atoms with Crippen molar-refractivity contribution in [3.8, 4) is 0 Å². The average molecular weight is 503 g/mol. The molecule has 2 atom stereocenters. The number of aromatic nitrogens is 4. The predicted octanol–water partition coefficient (Wildman–Crippen LogP) is 2.74. The van der Waals surface area contributed by atoms with Gasteiger partial charge in [0.1, 0.15) is 17.0 Å². The summed E-state index contributed by atoms with van der Waals surface area (Å²) >= 11 is 12.5. The van der Waals surface area contributed by atoms with Crippen molar-refractivity contribution in [1.82, 2.24) is 30.0 Å². The Morgan fingerprint density at radius 3 is 2.68 bits per heavy atom. The van der Waals surface area contributed by atoms with E-state index in [0.29, 0.717) is 48.3 Å². The van der Waals surface area contributed by atoms with E-state index in [2.05, 4.69) is 15.2 Å². The Labute approximate surface area is 208 Å². The van der Waals surface area contributed by atoms with Crippen LogP contribution in [-0.2, 0) is 4.79 Å². The molecule has 2 unspecified atom stereocenters. The minimum atomic E-state index is -0.927. The van der Waals surface area contributed by atoms with Crippen LogP contribution >= 0.6 is 23.2 Å². The minimum absolute atomic E-state index is 0.0199. The number of benzene rings is 1. The molecular weight excluding hydrogens is 475 g/mol. The second kappa shape index (κ2) is 8.96. The molecule has 11 heteroatoms. The van der Waals surface area contributed by atoms with Gasteiger partial charge in [0.05, 0.1) is 17.9 Å². The van der Waals surface area contributed by atoms with Gasteiger partial charge in [0, 0.05) is 36.2 Å². The van der Waals surface area contributed by atoms with Crippen molar-refractivity contribution < 1.29 is 4.79 Å². The van der Waals surface area contributed by atoms with Crippen LogP contribution in [-0.4, -0.2) is 68.9 Å². The molecule has 2 fully saturated rings. The Morgan fingerprint density at radius 1 is 1.24 bits per heavy atom. The Kier molecular flexibility index (Phi) is 6.14. The van der Waals surface area contributed by atoms with Crippen LogP contribution in [0.2, 0.25) is 10.0 Å². The number of anilines is 1. The van der Waals surface area contributed by atoms with Crippen molar-refractivity contribution in [1.29, 1.82) is 0 Å². The number of hydrogen-bond donors (Lipinski definition) is 2. The summed E-state index contributed by atoms with van der Waals surface area (Å²) in [5.41, 5.74) is 8.53. The summed E-state index contributed by atoms with van der Waals surface area (Å²) in [5, 5.41) is 9.04. The molecule has 0 saturated carbocycles. The zero-order valence-electron chi connectivity index (χ0n) is 19.3. The molecule has 4 heterocycles. The van der Waals surface area contributed by atoms with E-state index in [4.69, 9.17) is 39.0 Å². The quantitative estimate of drug-likeness (QED) is 0.564. The van der Waals surface area contributed by atoms with Crippen LogP contribution in [0.1, 0.15) is 37.1 Å².